The van der Waals surface area contributed by atoms with Crippen LogP contribution in [0.2, 0.25) is 10.0 Å². The second-order valence-electron chi connectivity index (χ2n) is 6.81. The van der Waals surface area contributed by atoms with Gasteiger partial charge in [0.25, 0.3) is 0 Å². The van der Waals surface area contributed by atoms with Gasteiger partial charge in [0.05, 0.1) is 5.75 Å². The number of carbonyl (C=O) groups excluding carboxylic acids is 2. The summed E-state index contributed by atoms with van der Waals surface area (Å²) < 4.78 is 0.963. The predicted molar refractivity (Wildman–Crippen MR) is 130 cm³/mol. The Hall–Kier alpha value is -1.21. The summed E-state index contributed by atoms with van der Waals surface area (Å²) in [6, 6.07) is 12.5. The number of thioether (sulfide) groups is 1. The molecule has 2 aromatic carbocycles. The molecule has 8 heteroatoms. The van der Waals surface area contributed by atoms with Crippen molar-refractivity contribution in [2.24, 2.45) is 0 Å². The first-order valence-corrected chi connectivity index (χ1v) is 12.4. The van der Waals surface area contributed by atoms with Crippen LogP contribution in [0.1, 0.15) is 31.4 Å². The van der Waals surface area contributed by atoms with Crippen LogP contribution in [0.5, 0.6) is 0 Å². The molecular weight excluding hydrogens is 507 g/mol. The third-order valence-electron chi connectivity index (χ3n) is 4.52. The highest BCUT2D eigenvalue weighted by Crippen LogP contribution is 2.28. The van der Waals surface area contributed by atoms with E-state index in [9.17, 15) is 9.59 Å². The third kappa shape index (κ3) is 7.49. The van der Waals surface area contributed by atoms with Crippen LogP contribution < -0.4 is 5.32 Å². The van der Waals surface area contributed by atoms with E-state index in [0.717, 1.165) is 22.0 Å². The van der Waals surface area contributed by atoms with Crippen molar-refractivity contribution in [3.05, 3.63) is 68.1 Å². The van der Waals surface area contributed by atoms with Crippen LogP contribution in [0, 0.1) is 0 Å². The SMILES string of the molecule is CCCNC(=O)[C@@H](C)N(Cc1ccc(Br)cc1)C(=O)CSCc1c(Cl)cccc1Cl. The maximum absolute atomic E-state index is 13.0. The molecule has 2 amide bonds. The van der Waals surface area contributed by atoms with E-state index in [2.05, 4.69) is 21.2 Å². The summed E-state index contributed by atoms with van der Waals surface area (Å²) in [5.41, 5.74) is 1.77. The largest absolute Gasteiger partial charge is 0.354 e. The number of hydrogen-bond donors (Lipinski definition) is 1. The first-order chi connectivity index (χ1) is 14.3. The molecule has 0 saturated heterocycles. The second-order valence-corrected chi connectivity index (χ2v) is 9.52. The lowest BCUT2D eigenvalue weighted by molar-refractivity contribution is -0.138. The number of carbonyl (C=O) groups is 2. The van der Waals surface area contributed by atoms with Gasteiger partial charge in [-0.25, -0.2) is 0 Å². The zero-order valence-electron chi connectivity index (χ0n) is 17.0. The monoisotopic (exact) mass is 530 g/mol. The van der Waals surface area contributed by atoms with Crippen LogP contribution >= 0.6 is 50.9 Å². The Labute approximate surface area is 200 Å². The molecule has 0 unspecified atom stereocenters. The van der Waals surface area contributed by atoms with Crippen molar-refractivity contribution in [3.63, 3.8) is 0 Å². The van der Waals surface area contributed by atoms with Gasteiger partial charge in [0, 0.05) is 33.4 Å². The Bertz CT molecular complexity index is 844. The maximum Gasteiger partial charge on any atom is 0.242 e. The normalized spacial score (nSPS) is 11.8. The standard InChI is InChI=1S/C22H25BrCl2N2O2S/c1-3-11-26-22(29)15(2)27(12-16-7-9-17(23)10-8-16)21(28)14-30-13-18-19(24)5-4-6-20(18)25/h4-10,15H,3,11-14H2,1-2H3,(H,26,29)/t15-/m1/s1. The van der Waals surface area contributed by atoms with Gasteiger partial charge in [0.15, 0.2) is 0 Å². The van der Waals surface area contributed by atoms with Crippen molar-refractivity contribution in [2.45, 2.75) is 38.6 Å². The minimum atomic E-state index is -0.572. The minimum absolute atomic E-state index is 0.106. The molecule has 30 heavy (non-hydrogen) atoms. The van der Waals surface area contributed by atoms with E-state index < -0.39 is 6.04 Å². The minimum Gasteiger partial charge on any atom is -0.354 e. The van der Waals surface area contributed by atoms with Crippen LogP contribution in [-0.4, -0.2) is 35.1 Å². The van der Waals surface area contributed by atoms with Crippen LogP contribution in [0.15, 0.2) is 46.9 Å². The number of nitrogens with one attached hydrogen (secondary N) is 1. The van der Waals surface area contributed by atoms with Gasteiger partial charge in [-0.05, 0) is 48.7 Å². The molecular formula is C22H25BrCl2N2O2S. The van der Waals surface area contributed by atoms with Crippen LogP contribution in [0.3, 0.4) is 0 Å². The molecule has 0 aliphatic heterocycles. The lowest BCUT2D eigenvalue weighted by Crippen LogP contribution is -2.48. The Morgan fingerprint density at radius 2 is 1.77 bits per heavy atom. The Morgan fingerprint density at radius 3 is 2.37 bits per heavy atom. The van der Waals surface area contributed by atoms with Crippen molar-refractivity contribution < 1.29 is 9.59 Å². The van der Waals surface area contributed by atoms with E-state index in [1.807, 2.05) is 31.2 Å². The lowest BCUT2D eigenvalue weighted by Gasteiger charge is -2.29. The number of benzene rings is 2. The molecule has 0 heterocycles. The maximum atomic E-state index is 13.0. The van der Waals surface area contributed by atoms with E-state index in [-0.39, 0.29) is 17.6 Å². The van der Waals surface area contributed by atoms with Gasteiger partial charge in [0.1, 0.15) is 6.04 Å². The number of nitrogens with zero attached hydrogens (tertiary/aromatic N) is 1. The molecule has 0 aliphatic rings. The van der Waals surface area contributed by atoms with Crippen molar-refractivity contribution in [1.82, 2.24) is 10.2 Å². The fourth-order valence-corrected chi connectivity index (χ4v) is 4.67. The summed E-state index contributed by atoms with van der Waals surface area (Å²) in [6.45, 7) is 4.70. The highest BCUT2D eigenvalue weighted by atomic mass is 79.9. The zero-order chi connectivity index (χ0) is 22.1. The summed E-state index contributed by atoms with van der Waals surface area (Å²) in [4.78, 5) is 27.2. The van der Waals surface area contributed by atoms with Gasteiger partial charge < -0.3 is 10.2 Å². The molecule has 0 aromatic heterocycles. The number of rotatable bonds is 10. The summed E-state index contributed by atoms with van der Waals surface area (Å²) in [6.07, 6.45) is 0.841. The summed E-state index contributed by atoms with van der Waals surface area (Å²) in [7, 11) is 0. The van der Waals surface area contributed by atoms with Gasteiger partial charge in [0.2, 0.25) is 11.8 Å². The van der Waals surface area contributed by atoms with E-state index in [4.69, 9.17) is 23.2 Å². The predicted octanol–water partition coefficient (Wildman–Crippen LogP) is 5.93. The summed E-state index contributed by atoms with van der Waals surface area (Å²) in [5.74, 6) is 0.489. The highest BCUT2D eigenvalue weighted by molar-refractivity contribution is 9.10. The molecule has 0 spiro atoms. The smallest absolute Gasteiger partial charge is 0.242 e. The van der Waals surface area contributed by atoms with Crippen molar-refractivity contribution >= 4 is 62.7 Å². The third-order valence-corrected chi connectivity index (χ3v) is 6.70. The number of amides is 2. The molecule has 1 N–H and O–H groups in total. The number of hydrogen-bond acceptors (Lipinski definition) is 3. The molecule has 0 fully saturated rings. The van der Waals surface area contributed by atoms with Crippen molar-refractivity contribution in [2.75, 3.05) is 12.3 Å². The Morgan fingerprint density at radius 1 is 1.13 bits per heavy atom. The van der Waals surface area contributed by atoms with E-state index in [0.29, 0.717) is 28.9 Å². The first-order valence-electron chi connectivity index (χ1n) is 9.65. The first kappa shape index (κ1) is 25.1. The molecule has 0 radical (unpaired) electrons. The van der Waals surface area contributed by atoms with E-state index in [1.54, 1.807) is 30.0 Å². The molecule has 0 aliphatic carbocycles. The van der Waals surface area contributed by atoms with Gasteiger partial charge >= 0.3 is 0 Å². The lowest BCUT2D eigenvalue weighted by atomic mass is 10.1. The van der Waals surface area contributed by atoms with Gasteiger partial charge in [-0.15, -0.1) is 11.8 Å². The molecule has 162 valence electrons. The topological polar surface area (TPSA) is 49.4 Å². The van der Waals surface area contributed by atoms with Gasteiger partial charge in [-0.3, -0.25) is 9.59 Å². The molecule has 1 atom stereocenters. The van der Waals surface area contributed by atoms with Crippen LogP contribution in [-0.2, 0) is 21.9 Å². The molecule has 0 bridgehead atoms. The molecule has 2 rings (SSSR count). The molecule has 2 aromatic rings. The summed E-state index contributed by atoms with van der Waals surface area (Å²) in [5, 5.41) is 4.05. The quantitative estimate of drug-likeness (QED) is 0.413. The molecule has 0 saturated carbocycles. The Kier molecular flexibility index (Phi) is 10.5. The second kappa shape index (κ2) is 12.6. The van der Waals surface area contributed by atoms with Gasteiger partial charge in [-0.2, -0.15) is 0 Å². The highest BCUT2D eigenvalue weighted by Gasteiger charge is 2.26. The average Bonchev–Trinajstić information content (AvgIpc) is 2.73. The molecule has 4 nitrogen and oxygen atoms in total. The van der Waals surface area contributed by atoms with Crippen molar-refractivity contribution in [1.29, 1.82) is 0 Å². The van der Waals surface area contributed by atoms with Gasteiger partial charge in [-0.1, -0.05) is 64.3 Å². The van der Waals surface area contributed by atoms with E-state index >= 15 is 0 Å². The summed E-state index contributed by atoms with van der Waals surface area (Å²) >= 11 is 17.3. The fourth-order valence-electron chi connectivity index (χ4n) is 2.76. The number of halogens is 3. The Balaban J connectivity index is 2.08. The van der Waals surface area contributed by atoms with Crippen molar-refractivity contribution in [3.8, 4) is 0 Å². The fraction of sp³-hybridized carbons (Fsp3) is 0.364. The van der Waals surface area contributed by atoms with Crippen LogP contribution in [0.4, 0.5) is 0 Å². The van der Waals surface area contributed by atoms with E-state index in [1.165, 1.54) is 11.8 Å². The van der Waals surface area contributed by atoms with Crippen LogP contribution in [0.25, 0.3) is 0 Å². The average molecular weight is 532 g/mol. The zero-order valence-corrected chi connectivity index (χ0v) is 20.9.